The van der Waals surface area contributed by atoms with Crippen molar-refractivity contribution in [2.45, 2.75) is 37.8 Å². The van der Waals surface area contributed by atoms with Gasteiger partial charge in [0.1, 0.15) is 12.6 Å². The highest BCUT2D eigenvalue weighted by Crippen LogP contribution is 2.26. The maximum absolute atomic E-state index is 12.3. The largest absolute Gasteiger partial charge is 0.463 e. The summed E-state index contributed by atoms with van der Waals surface area (Å²) in [6, 6.07) is 0.575. The van der Waals surface area contributed by atoms with Crippen LogP contribution in [0.4, 0.5) is 0 Å². The monoisotopic (exact) mass is 283 g/mol. The molecule has 2 aliphatic heterocycles. The summed E-state index contributed by atoms with van der Waals surface area (Å²) in [4.78, 5) is 19.1. The molecule has 0 aromatic rings. The normalized spacial score (nSPS) is 26.3. The van der Waals surface area contributed by atoms with Gasteiger partial charge in [-0.3, -0.25) is 9.69 Å². The third-order valence-corrected chi connectivity index (χ3v) is 4.51. The molecule has 2 aliphatic rings. The first-order valence-electron chi connectivity index (χ1n) is 7.83. The molecule has 5 nitrogen and oxygen atoms in total. The molecule has 0 saturated carbocycles. The molecule has 1 unspecified atom stereocenters. The van der Waals surface area contributed by atoms with E-state index in [4.69, 9.17) is 4.74 Å². The Labute approximate surface area is 122 Å². The molecule has 0 spiro atoms. The Morgan fingerprint density at radius 3 is 2.55 bits per heavy atom. The second-order valence-electron chi connectivity index (χ2n) is 6.40. The van der Waals surface area contributed by atoms with Crippen molar-refractivity contribution in [3.05, 3.63) is 0 Å². The molecule has 5 heteroatoms. The Morgan fingerprint density at radius 1 is 1.20 bits per heavy atom. The van der Waals surface area contributed by atoms with E-state index in [0.717, 1.165) is 39.0 Å². The molecule has 0 radical (unpaired) electrons. The molecule has 0 N–H and O–H groups in total. The molecule has 0 bridgehead atoms. The summed E-state index contributed by atoms with van der Waals surface area (Å²) < 4.78 is 5.45. The molecule has 0 aliphatic carbocycles. The lowest BCUT2D eigenvalue weighted by molar-refractivity contribution is -0.150. The Bertz CT molecular complexity index is 314. The predicted octanol–water partition coefficient (Wildman–Crippen LogP) is 0.650. The summed E-state index contributed by atoms with van der Waals surface area (Å²) >= 11 is 0. The summed E-state index contributed by atoms with van der Waals surface area (Å²) in [5.74, 6) is -0.0109. The summed E-state index contributed by atoms with van der Waals surface area (Å²) in [5.41, 5.74) is 0. The minimum atomic E-state index is -0.0109. The Hall–Kier alpha value is -0.650. The maximum atomic E-state index is 12.3. The molecule has 0 aromatic carbocycles. The van der Waals surface area contributed by atoms with Crippen LogP contribution in [-0.4, -0.2) is 86.7 Å². The van der Waals surface area contributed by atoms with Gasteiger partial charge in [0, 0.05) is 12.6 Å². The van der Waals surface area contributed by atoms with Gasteiger partial charge < -0.3 is 14.5 Å². The van der Waals surface area contributed by atoms with Gasteiger partial charge in [0.05, 0.1) is 0 Å². The van der Waals surface area contributed by atoms with Crippen LogP contribution in [0.2, 0.25) is 0 Å². The van der Waals surface area contributed by atoms with Crippen LogP contribution in [0.1, 0.15) is 25.7 Å². The van der Waals surface area contributed by atoms with Crippen molar-refractivity contribution in [1.82, 2.24) is 14.7 Å². The minimum absolute atomic E-state index is 0.00516. The highest BCUT2D eigenvalue weighted by Gasteiger charge is 2.37. The number of piperidine rings is 1. The number of carbonyl (C=O) groups excluding carboxylic acids is 1. The average Bonchev–Trinajstić information content (AvgIpc) is 2.88. The summed E-state index contributed by atoms with van der Waals surface area (Å²) in [6.07, 6.45) is 4.45. The topological polar surface area (TPSA) is 36.0 Å². The summed E-state index contributed by atoms with van der Waals surface area (Å²) in [6.45, 7) is 4.64. The zero-order chi connectivity index (χ0) is 14.5. The molecule has 116 valence electrons. The van der Waals surface area contributed by atoms with Gasteiger partial charge in [-0.05, 0) is 66.5 Å². The zero-order valence-electron chi connectivity index (χ0n) is 13.2. The van der Waals surface area contributed by atoms with Crippen molar-refractivity contribution in [2.75, 3.05) is 53.9 Å². The molecular weight excluding hydrogens is 254 g/mol. The van der Waals surface area contributed by atoms with Crippen molar-refractivity contribution >= 4 is 5.97 Å². The number of esters is 1. The number of likely N-dealkylation sites (tertiary alicyclic amines) is 2. The predicted molar refractivity (Wildman–Crippen MR) is 79.8 cm³/mol. The fraction of sp³-hybridized carbons (Fsp3) is 0.933. The smallest absolute Gasteiger partial charge is 0.323 e. The lowest BCUT2D eigenvalue weighted by Gasteiger charge is -2.37. The first-order valence-corrected chi connectivity index (χ1v) is 7.83. The van der Waals surface area contributed by atoms with Crippen LogP contribution in [-0.2, 0) is 9.53 Å². The quantitative estimate of drug-likeness (QED) is 0.692. The zero-order valence-corrected chi connectivity index (χ0v) is 13.2. The number of carbonyl (C=O) groups is 1. The second kappa shape index (κ2) is 7.38. The number of hydrogen-bond acceptors (Lipinski definition) is 5. The molecule has 2 fully saturated rings. The Kier molecular flexibility index (Phi) is 5.81. The minimum Gasteiger partial charge on any atom is -0.463 e. The van der Waals surface area contributed by atoms with Gasteiger partial charge in [-0.1, -0.05) is 0 Å². The Morgan fingerprint density at radius 2 is 1.90 bits per heavy atom. The van der Waals surface area contributed by atoms with Gasteiger partial charge in [0.15, 0.2) is 0 Å². The molecule has 0 amide bonds. The van der Waals surface area contributed by atoms with Crippen molar-refractivity contribution in [2.24, 2.45) is 0 Å². The van der Waals surface area contributed by atoms with Crippen molar-refractivity contribution in [3.63, 3.8) is 0 Å². The van der Waals surface area contributed by atoms with Crippen molar-refractivity contribution in [1.29, 1.82) is 0 Å². The van der Waals surface area contributed by atoms with Gasteiger partial charge in [0.25, 0.3) is 0 Å². The number of nitrogens with zero attached hydrogens (tertiary/aromatic N) is 3. The molecule has 2 rings (SSSR count). The molecule has 2 heterocycles. The third kappa shape index (κ3) is 4.17. The van der Waals surface area contributed by atoms with E-state index in [0.29, 0.717) is 12.6 Å². The van der Waals surface area contributed by atoms with E-state index >= 15 is 0 Å². The summed E-state index contributed by atoms with van der Waals surface area (Å²) in [7, 11) is 6.16. The van der Waals surface area contributed by atoms with Crippen LogP contribution >= 0.6 is 0 Å². The number of ether oxygens (including phenoxy) is 1. The Balaban J connectivity index is 1.82. The fourth-order valence-corrected chi connectivity index (χ4v) is 3.23. The highest BCUT2D eigenvalue weighted by atomic mass is 16.5. The molecule has 0 aromatic heterocycles. The van der Waals surface area contributed by atoms with E-state index in [1.807, 2.05) is 19.0 Å². The second-order valence-corrected chi connectivity index (χ2v) is 6.40. The van der Waals surface area contributed by atoms with Crippen LogP contribution in [0.25, 0.3) is 0 Å². The van der Waals surface area contributed by atoms with E-state index in [9.17, 15) is 4.79 Å². The highest BCUT2D eigenvalue weighted by molar-refractivity contribution is 5.76. The van der Waals surface area contributed by atoms with E-state index < -0.39 is 0 Å². The van der Waals surface area contributed by atoms with Crippen LogP contribution < -0.4 is 0 Å². The molecule has 2 saturated heterocycles. The number of likely N-dealkylation sites (N-methyl/N-ethyl adjacent to an activating group) is 1. The standard InChI is InChI=1S/C15H29N3O2/c1-16(2)11-12-20-15(19)14-5-4-8-18(14)13-6-9-17(3)10-7-13/h13-14H,4-12H2,1-3H3. The van der Waals surface area contributed by atoms with Crippen LogP contribution in [0.5, 0.6) is 0 Å². The van der Waals surface area contributed by atoms with Crippen LogP contribution in [0.3, 0.4) is 0 Å². The van der Waals surface area contributed by atoms with Crippen molar-refractivity contribution < 1.29 is 9.53 Å². The van der Waals surface area contributed by atoms with E-state index in [2.05, 4.69) is 16.8 Å². The van der Waals surface area contributed by atoms with Gasteiger partial charge in [0.2, 0.25) is 0 Å². The fourth-order valence-electron chi connectivity index (χ4n) is 3.23. The molecule has 20 heavy (non-hydrogen) atoms. The summed E-state index contributed by atoms with van der Waals surface area (Å²) in [5, 5.41) is 0. The molecule has 1 atom stereocenters. The van der Waals surface area contributed by atoms with Crippen molar-refractivity contribution in [3.8, 4) is 0 Å². The van der Waals surface area contributed by atoms with Gasteiger partial charge in [-0.25, -0.2) is 0 Å². The lowest BCUT2D eigenvalue weighted by Crippen LogP contribution is -2.48. The van der Waals surface area contributed by atoms with Crippen LogP contribution in [0.15, 0.2) is 0 Å². The third-order valence-electron chi connectivity index (χ3n) is 4.51. The van der Waals surface area contributed by atoms with Gasteiger partial charge in [-0.15, -0.1) is 0 Å². The molecular formula is C15H29N3O2. The lowest BCUT2D eigenvalue weighted by atomic mass is 10.0. The number of rotatable bonds is 5. The number of hydrogen-bond donors (Lipinski definition) is 0. The van der Waals surface area contributed by atoms with E-state index in [1.54, 1.807) is 0 Å². The van der Waals surface area contributed by atoms with Crippen LogP contribution in [0, 0.1) is 0 Å². The van der Waals surface area contributed by atoms with Gasteiger partial charge in [-0.2, -0.15) is 0 Å². The van der Waals surface area contributed by atoms with E-state index in [-0.39, 0.29) is 12.0 Å². The first-order chi connectivity index (χ1) is 9.58. The first kappa shape index (κ1) is 15.7. The van der Waals surface area contributed by atoms with Gasteiger partial charge >= 0.3 is 5.97 Å². The average molecular weight is 283 g/mol. The SMILES string of the molecule is CN(C)CCOC(=O)C1CCCN1C1CCN(C)CC1. The van der Waals surface area contributed by atoms with E-state index in [1.165, 1.54) is 12.8 Å². The maximum Gasteiger partial charge on any atom is 0.323 e.